The van der Waals surface area contributed by atoms with Crippen LogP contribution in [0.3, 0.4) is 0 Å². The van der Waals surface area contributed by atoms with Crippen molar-refractivity contribution in [1.29, 1.82) is 0 Å². The van der Waals surface area contributed by atoms with E-state index in [4.69, 9.17) is 0 Å². The molecule has 0 aliphatic heterocycles. The highest BCUT2D eigenvalue weighted by atomic mass is 16.2. The Morgan fingerprint density at radius 3 is 2.00 bits per heavy atom. The van der Waals surface area contributed by atoms with Crippen molar-refractivity contribution < 1.29 is 9.59 Å². The summed E-state index contributed by atoms with van der Waals surface area (Å²) >= 11 is 0. The molecule has 0 radical (unpaired) electrons. The quantitative estimate of drug-likeness (QED) is 0.642. The minimum Gasteiger partial charge on any atom is -0.348 e. The highest BCUT2D eigenvalue weighted by Gasteiger charge is 2.20. The molecule has 3 aromatic rings. The Balaban J connectivity index is 1.72. The van der Waals surface area contributed by atoms with Gasteiger partial charge in [-0.25, -0.2) is 0 Å². The van der Waals surface area contributed by atoms with Gasteiger partial charge in [-0.2, -0.15) is 0 Å². The topological polar surface area (TPSA) is 49.4 Å². The summed E-state index contributed by atoms with van der Waals surface area (Å²) in [5, 5.41) is 2.91. The van der Waals surface area contributed by atoms with Crippen LogP contribution in [-0.2, 0) is 13.1 Å². The Bertz CT molecular complexity index is 953. The van der Waals surface area contributed by atoms with E-state index in [1.54, 1.807) is 24.3 Å². The van der Waals surface area contributed by atoms with Crippen molar-refractivity contribution in [2.24, 2.45) is 0 Å². The number of carbonyl (C=O) groups excluding carboxylic acids is 2. The monoisotopic (exact) mass is 386 g/mol. The molecule has 0 spiro atoms. The van der Waals surface area contributed by atoms with Gasteiger partial charge < -0.3 is 10.2 Å². The number of amides is 2. The maximum Gasteiger partial charge on any atom is 0.254 e. The predicted octanol–water partition coefficient (Wildman–Crippen LogP) is 4.67. The van der Waals surface area contributed by atoms with Crippen LogP contribution in [0.2, 0.25) is 0 Å². The first-order valence-electron chi connectivity index (χ1n) is 9.81. The number of benzene rings is 3. The Kier molecular flexibility index (Phi) is 6.80. The fraction of sp³-hybridized carbons (Fsp3) is 0.200. The maximum absolute atomic E-state index is 13.1. The Hall–Kier alpha value is -3.40. The minimum atomic E-state index is -0.192. The largest absolute Gasteiger partial charge is 0.348 e. The lowest BCUT2D eigenvalue weighted by molar-refractivity contribution is 0.0690. The van der Waals surface area contributed by atoms with Gasteiger partial charge in [0.05, 0.1) is 0 Å². The van der Waals surface area contributed by atoms with E-state index in [9.17, 15) is 9.59 Å². The summed E-state index contributed by atoms with van der Waals surface area (Å²) in [6, 6.07) is 26.6. The van der Waals surface area contributed by atoms with E-state index >= 15 is 0 Å². The fourth-order valence-electron chi connectivity index (χ4n) is 3.11. The van der Waals surface area contributed by atoms with E-state index in [0.29, 0.717) is 24.2 Å². The van der Waals surface area contributed by atoms with Crippen LogP contribution >= 0.6 is 0 Å². The van der Waals surface area contributed by atoms with Crippen molar-refractivity contribution in [3.05, 3.63) is 107 Å². The third kappa shape index (κ3) is 5.55. The zero-order valence-corrected chi connectivity index (χ0v) is 16.8. The smallest absolute Gasteiger partial charge is 0.254 e. The Morgan fingerprint density at radius 2 is 1.38 bits per heavy atom. The number of nitrogens with zero attached hydrogens (tertiary/aromatic N) is 1. The molecule has 0 bridgehead atoms. The zero-order valence-electron chi connectivity index (χ0n) is 16.8. The molecule has 29 heavy (non-hydrogen) atoms. The van der Waals surface area contributed by atoms with Crippen molar-refractivity contribution in [3.8, 4) is 0 Å². The van der Waals surface area contributed by atoms with Gasteiger partial charge in [-0.3, -0.25) is 9.59 Å². The predicted molar refractivity (Wildman–Crippen MR) is 116 cm³/mol. The van der Waals surface area contributed by atoms with Gasteiger partial charge in [-0.05, 0) is 43.2 Å². The summed E-state index contributed by atoms with van der Waals surface area (Å²) in [4.78, 5) is 27.5. The zero-order chi connectivity index (χ0) is 20.6. The lowest BCUT2D eigenvalue weighted by Gasteiger charge is -2.27. The Labute approximate surface area is 172 Å². The lowest BCUT2D eigenvalue weighted by Crippen LogP contribution is -2.36. The third-order valence-electron chi connectivity index (χ3n) is 4.75. The van der Waals surface area contributed by atoms with Crippen LogP contribution in [0.5, 0.6) is 0 Å². The molecule has 0 aliphatic carbocycles. The Morgan fingerprint density at radius 1 is 0.793 bits per heavy atom. The number of carbonyl (C=O) groups is 2. The summed E-state index contributed by atoms with van der Waals surface area (Å²) in [6.45, 7) is 4.97. The van der Waals surface area contributed by atoms with Gasteiger partial charge in [0.25, 0.3) is 11.8 Å². The standard InChI is InChI=1S/C25H26N2O2/c1-19(2)27(18-21-12-7-4-8-13-21)25(29)23-15-9-14-22(16-23)24(28)26-17-20-10-5-3-6-11-20/h3-16,19H,17-18H2,1-2H3,(H,26,28). The van der Waals surface area contributed by atoms with E-state index in [0.717, 1.165) is 11.1 Å². The van der Waals surface area contributed by atoms with Gasteiger partial charge in [0.15, 0.2) is 0 Å². The molecule has 0 atom stereocenters. The molecule has 2 amide bonds. The van der Waals surface area contributed by atoms with E-state index < -0.39 is 0 Å². The molecule has 0 saturated carbocycles. The van der Waals surface area contributed by atoms with E-state index in [2.05, 4.69) is 5.32 Å². The van der Waals surface area contributed by atoms with E-state index in [-0.39, 0.29) is 17.9 Å². The molecular formula is C25H26N2O2. The average molecular weight is 386 g/mol. The lowest BCUT2D eigenvalue weighted by atomic mass is 10.1. The third-order valence-corrected chi connectivity index (χ3v) is 4.75. The number of hydrogen-bond acceptors (Lipinski definition) is 2. The van der Waals surface area contributed by atoms with Crippen molar-refractivity contribution in [2.75, 3.05) is 0 Å². The highest BCUT2D eigenvalue weighted by molar-refractivity contribution is 5.99. The van der Waals surface area contributed by atoms with Crippen molar-refractivity contribution in [2.45, 2.75) is 33.0 Å². The van der Waals surface area contributed by atoms with Gasteiger partial charge in [-0.15, -0.1) is 0 Å². The van der Waals surface area contributed by atoms with Gasteiger partial charge in [0.1, 0.15) is 0 Å². The first-order valence-corrected chi connectivity index (χ1v) is 9.81. The van der Waals surface area contributed by atoms with E-state index in [1.807, 2.05) is 79.4 Å². The number of hydrogen-bond donors (Lipinski definition) is 1. The van der Waals surface area contributed by atoms with Crippen LogP contribution in [0.4, 0.5) is 0 Å². The molecule has 0 aromatic heterocycles. The second-order valence-electron chi connectivity index (χ2n) is 7.26. The normalized spacial score (nSPS) is 10.6. The first kappa shape index (κ1) is 20.3. The molecule has 0 fully saturated rings. The highest BCUT2D eigenvalue weighted by Crippen LogP contribution is 2.15. The van der Waals surface area contributed by atoms with Gasteiger partial charge in [0, 0.05) is 30.3 Å². The van der Waals surface area contributed by atoms with Gasteiger partial charge >= 0.3 is 0 Å². The summed E-state index contributed by atoms with van der Waals surface area (Å²) in [7, 11) is 0. The molecular weight excluding hydrogens is 360 g/mol. The summed E-state index contributed by atoms with van der Waals surface area (Å²) in [5.41, 5.74) is 3.10. The molecule has 4 heteroatoms. The summed E-state index contributed by atoms with van der Waals surface area (Å²) in [5.74, 6) is -0.274. The van der Waals surface area contributed by atoms with Crippen LogP contribution < -0.4 is 5.32 Å². The number of nitrogens with one attached hydrogen (secondary N) is 1. The van der Waals surface area contributed by atoms with Crippen LogP contribution in [0.1, 0.15) is 45.7 Å². The van der Waals surface area contributed by atoms with Gasteiger partial charge in [0.2, 0.25) is 0 Å². The van der Waals surface area contributed by atoms with Crippen LogP contribution in [0.25, 0.3) is 0 Å². The molecule has 0 unspecified atom stereocenters. The maximum atomic E-state index is 13.1. The first-order chi connectivity index (χ1) is 14.0. The molecule has 4 nitrogen and oxygen atoms in total. The van der Waals surface area contributed by atoms with Crippen LogP contribution in [0.15, 0.2) is 84.9 Å². The molecule has 1 N–H and O–H groups in total. The molecule has 0 heterocycles. The molecule has 3 rings (SSSR count). The second-order valence-corrected chi connectivity index (χ2v) is 7.26. The number of rotatable bonds is 7. The van der Waals surface area contributed by atoms with Crippen molar-refractivity contribution in [1.82, 2.24) is 10.2 Å². The van der Waals surface area contributed by atoms with Crippen LogP contribution in [-0.4, -0.2) is 22.8 Å². The minimum absolute atomic E-state index is 0.0401. The average Bonchev–Trinajstić information content (AvgIpc) is 2.76. The second kappa shape index (κ2) is 9.69. The molecule has 3 aromatic carbocycles. The molecule has 0 aliphatic rings. The van der Waals surface area contributed by atoms with Crippen molar-refractivity contribution >= 4 is 11.8 Å². The molecule has 0 saturated heterocycles. The molecule has 148 valence electrons. The van der Waals surface area contributed by atoms with Crippen molar-refractivity contribution in [3.63, 3.8) is 0 Å². The van der Waals surface area contributed by atoms with E-state index in [1.165, 1.54) is 0 Å². The summed E-state index contributed by atoms with van der Waals surface area (Å²) in [6.07, 6.45) is 0. The van der Waals surface area contributed by atoms with Gasteiger partial charge in [-0.1, -0.05) is 66.7 Å². The SMILES string of the molecule is CC(C)N(Cc1ccccc1)C(=O)c1cccc(C(=O)NCc2ccccc2)c1. The summed E-state index contributed by atoms with van der Waals surface area (Å²) < 4.78 is 0. The van der Waals surface area contributed by atoms with Crippen LogP contribution in [0, 0.1) is 0 Å². The fourth-order valence-corrected chi connectivity index (χ4v) is 3.11.